The highest BCUT2D eigenvalue weighted by atomic mass is 16.1. The van der Waals surface area contributed by atoms with Crippen LogP contribution < -0.4 is 5.32 Å². The van der Waals surface area contributed by atoms with Crippen molar-refractivity contribution in [1.29, 1.82) is 0 Å². The van der Waals surface area contributed by atoms with Crippen molar-refractivity contribution in [3.63, 3.8) is 0 Å². The van der Waals surface area contributed by atoms with Crippen LogP contribution in [0.5, 0.6) is 0 Å². The Hall–Kier alpha value is -2.87. The standard InChI is InChI=1S/C22H21NO/c1-16-13-14-20(17(2)15-16)22(24)23-21(18-9-5-3-6-10-18)19-11-7-4-8-12-19/h3-15,21H,1-2H3,(H,23,24). The minimum Gasteiger partial charge on any atom is -0.341 e. The second-order valence-corrected chi connectivity index (χ2v) is 6.05. The lowest BCUT2D eigenvalue weighted by Gasteiger charge is -2.20. The van der Waals surface area contributed by atoms with Gasteiger partial charge in [0.25, 0.3) is 5.91 Å². The van der Waals surface area contributed by atoms with Gasteiger partial charge >= 0.3 is 0 Å². The monoisotopic (exact) mass is 315 g/mol. The summed E-state index contributed by atoms with van der Waals surface area (Å²) in [7, 11) is 0. The van der Waals surface area contributed by atoms with E-state index >= 15 is 0 Å². The van der Waals surface area contributed by atoms with E-state index in [9.17, 15) is 4.79 Å². The molecule has 3 aromatic rings. The highest BCUT2D eigenvalue weighted by molar-refractivity contribution is 5.96. The Bertz CT molecular complexity index is 786. The third-order valence-corrected chi connectivity index (χ3v) is 4.17. The molecule has 0 saturated heterocycles. The van der Waals surface area contributed by atoms with Crippen LogP contribution in [0.15, 0.2) is 78.9 Å². The summed E-state index contributed by atoms with van der Waals surface area (Å²) in [5.41, 5.74) is 5.01. The molecule has 0 aliphatic carbocycles. The predicted octanol–water partition coefficient (Wildman–Crippen LogP) is 4.82. The Balaban J connectivity index is 1.94. The van der Waals surface area contributed by atoms with Crippen LogP contribution in [0, 0.1) is 13.8 Å². The predicted molar refractivity (Wildman–Crippen MR) is 98.1 cm³/mol. The molecule has 0 aliphatic heterocycles. The molecule has 0 radical (unpaired) electrons. The highest BCUT2D eigenvalue weighted by Gasteiger charge is 2.18. The number of hydrogen-bond acceptors (Lipinski definition) is 1. The molecule has 0 unspecified atom stereocenters. The molecule has 1 amide bonds. The van der Waals surface area contributed by atoms with Gasteiger partial charge in [-0.3, -0.25) is 4.79 Å². The van der Waals surface area contributed by atoms with Crippen LogP contribution in [0.2, 0.25) is 0 Å². The zero-order chi connectivity index (χ0) is 16.9. The molecule has 0 fully saturated rings. The van der Waals surface area contributed by atoms with Crippen LogP contribution in [-0.4, -0.2) is 5.91 Å². The summed E-state index contributed by atoms with van der Waals surface area (Å²) >= 11 is 0. The zero-order valence-corrected chi connectivity index (χ0v) is 14.0. The second kappa shape index (κ2) is 7.14. The van der Waals surface area contributed by atoms with Gasteiger partial charge in [-0.1, -0.05) is 78.4 Å². The first kappa shape index (κ1) is 16.0. The van der Waals surface area contributed by atoms with Gasteiger partial charge in [0.2, 0.25) is 0 Å². The minimum absolute atomic E-state index is 0.0507. The number of hydrogen-bond donors (Lipinski definition) is 1. The molecule has 2 heteroatoms. The van der Waals surface area contributed by atoms with Crippen molar-refractivity contribution in [3.8, 4) is 0 Å². The summed E-state index contributed by atoms with van der Waals surface area (Å²) < 4.78 is 0. The maximum absolute atomic E-state index is 12.8. The Kier molecular flexibility index (Phi) is 4.76. The highest BCUT2D eigenvalue weighted by Crippen LogP contribution is 2.23. The molecule has 120 valence electrons. The lowest BCUT2D eigenvalue weighted by molar-refractivity contribution is 0.0942. The van der Waals surface area contributed by atoms with Crippen LogP contribution in [0.25, 0.3) is 0 Å². The molecule has 0 heterocycles. The molecule has 1 N–H and O–H groups in total. The van der Waals surface area contributed by atoms with Crippen LogP contribution in [0.1, 0.15) is 38.7 Å². The molecular weight excluding hydrogens is 294 g/mol. The molecule has 3 aromatic carbocycles. The average Bonchev–Trinajstić information content (AvgIpc) is 2.61. The van der Waals surface area contributed by atoms with E-state index < -0.39 is 0 Å². The van der Waals surface area contributed by atoms with Gasteiger partial charge in [0.05, 0.1) is 6.04 Å². The van der Waals surface area contributed by atoms with Crippen molar-refractivity contribution in [2.45, 2.75) is 19.9 Å². The average molecular weight is 315 g/mol. The van der Waals surface area contributed by atoms with E-state index in [0.29, 0.717) is 0 Å². The van der Waals surface area contributed by atoms with E-state index in [1.54, 1.807) is 0 Å². The van der Waals surface area contributed by atoms with E-state index in [4.69, 9.17) is 0 Å². The molecular formula is C22H21NO. The fourth-order valence-corrected chi connectivity index (χ4v) is 2.93. The number of aryl methyl sites for hydroxylation is 2. The Morgan fingerprint density at radius 2 is 1.33 bits per heavy atom. The SMILES string of the molecule is Cc1ccc(C(=O)NC(c2ccccc2)c2ccccc2)c(C)c1. The summed E-state index contributed by atoms with van der Waals surface area (Å²) in [5, 5.41) is 3.19. The number of rotatable bonds is 4. The summed E-state index contributed by atoms with van der Waals surface area (Å²) in [6, 6.07) is 25.9. The van der Waals surface area contributed by atoms with E-state index in [1.807, 2.05) is 92.7 Å². The number of carbonyl (C=O) groups excluding carboxylic acids is 1. The summed E-state index contributed by atoms with van der Waals surface area (Å²) in [5.74, 6) is -0.0507. The first-order valence-corrected chi connectivity index (χ1v) is 8.13. The maximum Gasteiger partial charge on any atom is 0.252 e. The fourth-order valence-electron chi connectivity index (χ4n) is 2.93. The van der Waals surface area contributed by atoms with Gasteiger partial charge in [0.15, 0.2) is 0 Å². The number of amides is 1. The summed E-state index contributed by atoms with van der Waals surface area (Å²) in [4.78, 5) is 12.8. The molecule has 0 aromatic heterocycles. The maximum atomic E-state index is 12.8. The molecule has 3 rings (SSSR count). The molecule has 2 nitrogen and oxygen atoms in total. The van der Waals surface area contributed by atoms with E-state index in [2.05, 4.69) is 5.32 Å². The van der Waals surface area contributed by atoms with Crippen molar-refractivity contribution in [1.82, 2.24) is 5.32 Å². The van der Waals surface area contributed by atoms with Crippen LogP contribution in [-0.2, 0) is 0 Å². The van der Waals surface area contributed by atoms with Gasteiger partial charge in [-0.15, -0.1) is 0 Å². The third-order valence-electron chi connectivity index (χ3n) is 4.17. The van der Waals surface area contributed by atoms with Crippen LogP contribution in [0.4, 0.5) is 0 Å². The molecule has 0 saturated carbocycles. The van der Waals surface area contributed by atoms with Crippen LogP contribution in [0.3, 0.4) is 0 Å². The van der Waals surface area contributed by atoms with E-state index in [1.165, 1.54) is 0 Å². The van der Waals surface area contributed by atoms with Gasteiger partial charge in [-0.2, -0.15) is 0 Å². The molecule has 24 heavy (non-hydrogen) atoms. The van der Waals surface area contributed by atoms with Crippen molar-refractivity contribution in [3.05, 3.63) is 107 Å². The van der Waals surface area contributed by atoms with Gasteiger partial charge in [0.1, 0.15) is 0 Å². The molecule has 0 spiro atoms. The zero-order valence-electron chi connectivity index (χ0n) is 14.0. The van der Waals surface area contributed by atoms with Crippen molar-refractivity contribution in [2.75, 3.05) is 0 Å². The molecule has 0 bridgehead atoms. The Labute approximate surface area is 143 Å². The first-order valence-electron chi connectivity index (χ1n) is 8.13. The van der Waals surface area contributed by atoms with E-state index in [-0.39, 0.29) is 11.9 Å². The lowest BCUT2D eigenvalue weighted by Crippen LogP contribution is -2.29. The van der Waals surface area contributed by atoms with Crippen molar-refractivity contribution >= 4 is 5.91 Å². The minimum atomic E-state index is -0.166. The summed E-state index contributed by atoms with van der Waals surface area (Å²) in [6.07, 6.45) is 0. The van der Waals surface area contributed by atoms with Crippen molar-refractivity contribution in [2.24, 2.45) is 0 Å². The topological polar surface area (TPSA) is 29.1 Å². The van der Waals surface area contributed by atoms with Crippen LogP contribution >= 0.6 is 0 Å². The van der Waals surface area contributed by atoms with Gasteiger partial charge < -0.3 is 5.32 Å². The van der Waals surface area contributed by atoms with Gasteiger partial charge in [-0.25, -0.2) is 0 Å². The molecule has 0 aliphatic rings. The summed E-state index contributed by atoms with van der Waals surface area (Å²) in [6.45, 7) is 4.01. The van der Waals surface area contributed by atoms with Gasteiger partial charge in [0, 0.05) is 5.56 Å². The number of benzene rings is 3. The van der Waals surface area contributed by atoms with Crippen molar-refractivity contribution < 1.29 is 4.79 Å². The smallest absolute Gasteiger partial charge is 0.252 e. The van der Waals surface area contributed by atoms with Gasteiger partial charge in [-0.05, 0) is 36.6 Å². The third kappa shape index (κ3) is 3.54. The molecule has 0 atom stereocenters. The normalized spacial score (nSPS) is 10.6. The Morgan fingerprint density at radius 3 is 1.83 bits per heavy atom. The second-order valence-electron chi connectivity index (χ2n) is 6.05. The fraction of sp³-hybridized carbons (Fsp3) is 0.136. The van der Waals surface area contributed by atoms with E-state index in [0.717, 1.165) is 27.8 Å². The largest absolute Gasteiger partial charge is 0.341 e. The number of carbonyl (C=O) groups is 1. The lowest BCUT2D eigenvalue weighted by atomic mass is 9.97. The first-order chi connectivity index (χ1) is 11.6. The quantitative estimate of drug-likeness (QED) is 0.734. The Morgan fingerprint density at radius 1 is 0.792 bits per heavy atom. The number of nitrogens with one attached hydrogen (secondary N) is 1.